The Balaban J connectivity index is 1.91. The van der Waals surface area contributed by atoms with Gasteiger partial charge >= 0.3 is 0 Å². The molecule has 2 aromatic rings. The quantitative estimate of drug-likeness (QED) is 0.842. The maximum atomic E-state index is 11.8. The second kappa shape index (κ2) is 7.35. The van der Waals surface area contributed by atoms with Crippen LogP contribution in [-0.2, 0) is 0 Å². The van der Waals surface area contributed by atoms with Gasteiger partial charge in [0.1, 0.15) is 11.5 Å². The number of amides is 1. The van der Waals surface area contributed by atoms with Gasteiger partial charge in [0.15, 0.2) is 0 Å². The zero-order chi connectivity index (χ0) is 15.1. The van der Waals surface area contributed by atoms with Gasteiger partial charge in [-0.1, -0.05) is 18.2 Å². The van der Waals surface area contributed by atoms with Crippen LogP contribution in [0.25, 0.3) is 0 Å². The van der Waals surface area contributed by atoms with Gasteiger partial charge in [-0.3, -0.25) is 4.79 Å². The van der Waals surface area contributed by atoms with Crippen LogP contribution >= 0.6 is 0 Å². The normalized spacial score (nSPS) is 10.4. The number of benzene rings is 1. The Morgan fingerprint density at radius 1 is 1.14 bits per heavy atom. The molecule has 0 fully saturated rings. The van der Waals surface area contributed by atoms with Gasteiger partial charge in [0.2, 0.25) is 0 Å². The Hall–Kier alpha value is -2.47. The molecule has 0 aliphatic carbocycles. The average molecular weight is 285 g/mol. The van der Waals surface area contributed by atoms with E-state index in [4.69, 9.17) is 0 Å². The first kappa shape index (κ1) is 14.9. The standard InChI is InChI=1S/C15H19N5O/c1-20(2)9-8-16-15(21)13-10-18-14(11-17-13)19-12-6-4-3-5-7-12/h3-7,10-11H,8-9H2,1-2H3,(H,16,21)(H,18,19). The first-order chi connectivity index (χ1) is 10.1. The van der Waals surface area contributed by atoms with E-state index in [-0.39, 0.29) is 5.91 Å². The molecule has 1 amide bonds. The summed E-state index contributed by atoms with van der Waals surface area (Å²) in [5.74, 6) is 0.390. The third-order valence-corrected chi connectivity index (χ3v) is 2.78. The number of anilines is 2. The Morgan fingerprint density at radius 2 is 1.90 bits per heavy atom. The van der Waals surface area contributed by atoms with E-state index in [9.17, 15) is 4.79 Å². The number of hydrogen-bond donors (Lipinski definition) is 2. The summed E-state index contributed by atoms with van der Waals surface area (Å²) in [7, 11) is 3.91. The molecule has 1 aromatic carbocycles. The van der Waals surface area contributed by atoms with Crippen molar-refractivity contribution in [2.75, 3.05) is 32.5 Å². The average Bonchev–Trinajstić information content (AvgIpc) is 2.48. The molecule has 0 spiro atoms. The van der Waals surface area contributed by atoms with Gasteiger partial charge in [0.05, 0.1) is 12.4 Å². The van der Waals surface area contributed by atoms with Gasteiger partial charge in [-0.15, -0.1) is 0 Å². The van der Waals surface area contributed by atoms with Crippen molar-refractivity contribution < 1.29 is 4.79 Å². The van der Waals surface area contributed by atoms with E-state index in [0.29, 0.717) is 18.1 Å². The largest absolute Gasteiger partial charge is 0.349 e. The van der Waals surface area contributed by atoms with Gasteiger partial charge in [-0.05, 0) is 26.2 Å². The molecule has 21 heavy (non-hydrogen) atoms. The molecule has 1 aromatic heterocycles. The molecular weight excluding hydrogens is 266 g/mol. The summed E-state index contributed by atoms with van der Waals surface area (Å²) in [6.07, 6.45) is 3.02. The molecule has 2 rings (SSSR count). The van der Waals surface area contributed by atoms with E-state index in [1.165, 1.54) is 6.20 Å². The molecule has 6 heteroatoms. The number of para-hydroxylation sites is 1. The van der Waals surface area contributed by atoms with Crippen molar-refractivity contribution >= 4 is 17.4 Å². The minimum absolute atomic E-state index is 0.212. The zero-order valence-electron chi connectivity index (χ0n) is 12.2. The SMILES string of the molecule is CN(C)CCNC(=O)c1cnc(Nc2ccccc2)cn1. The van der Waals surface area contributed by atoms with Crippen molar-refractivity contribution in [3.8, 4) is 0 Å². The van der Waals surface area contributed by atoms with Crippen LogP contribution in [0.4, 0.5) is 11.5 Å². The summed E-state index contributed by atoms with van der Waals surface area (Å²) >= 11 is 0. The summed E-state index contributed by atoms with van der Waals surface area (Å²) in [6, 6.07) is 9.68. The monoisotopic (exact) mass is 285 g/mol. The number of aromatic nitrogens is 2. The maximum Gasteiger partial charge on any atom is 0.271 e. The number of carbonyl (C=O) groups is 1. The number of nitrogens with one attached hydrogen (secondary N) is 2. The number of hydrogen-bond acceptors (Lipinski definition) is 5. The Kier molecular flexibility index (Phi) is 5.22. The van der Waals surface area contributed by atoms with E-state index in [2.05, 4.69) is 20.6 Å². The van der Waals surface area contributed by atoms with E-state index in [1.54, 1.807) is 6.20 Å². The van der Waals surface area contributed by atoms with Crippen LogP contribution in [0.1, 0.15) is 10.5 Å². The van der Waals surface area contributed by atoms with Crippen molar-refractivity contribution in [3.63, 3.8) is 0 Å². The topological polar surface area (TPSA) is 70.2 Å². The smallest absolute Gasteiger partial charge is 0.271 e. The van der Waals surface area contributed by atoms with Crippen LogP contribution in [0, 0.1) is 0 Å². The maximum absolute atomic E-state index is 11.8. The molecule has 0 bridgehead atoms. The predicted molar refractivity (Wildman–Crippen MR) is 82.6 cm³/mol. The molecule has 110 valence electrons. The van der Waals surface area contributed by atoms with Crippen molar-refractivity contribution in [2.45, 2.75) is 0 Å². The fourth-order valence-electron chi connectivity index (χ4n) is 1.66. The third kappa shape index (κ3) is 4.85. The van der Waals surface area contributed by atoms with Gasteiger partial charge in [-0.25, -0.2) is 9.97 Å². The zero-order valence-corrected chi connectivity index (χ0v) is 12.2. The highest BCUT2D eigenvalue weighted by Crippen LogP contribution is 2.12. The minimum Gasteiger partial charge on any atom is -0.349 e. The molecule has 0 radical (unpaired) electrons. The highest BCUT2D eigenvalue weighted by molar-refractivity contribution is 5.92. The summed E-state index contributed by atoms with van der Waals surface area (Å²) in [5.41, 5.74) is 1.24. The molecule has 1 heterocycles. The first-order valence-electron chi connectivity index (χ1n) is 6.72. The van der Waals surface area contributed by atoms with Crippen molar-refractivity contribution in [3.05, 3.63) is 48.4 Å². The molecule has 0 aliphatic rings. The second-order valence-electron chi connectivity index (χ2n) is 4.84. The van der Waals surface area contributed by atoms with Crippen LogP contribution in [0.2, 0.25) is 0 Å². The molecule has 0 saturated carbocycles. The molecule has 6 nitrogen and oxygen atoms in total. The molecule has 2 N–H and O–H groups in total. The van der Waals surface area contributed by atoms with Gasteiger partial charge in [0.25, 0.3) is 5.91 Å². The van der Waals surface area contributed by atoms with Crippen molar-refractivity contribution in [2.24, 2.45) is 0 Å². The van der Waals surface area contributed by atoms with E-state index in [0.717, 1.165) is 12.2 Å². The molecule has 0 saturated heterocycles. The lowest BCUT2D eigenvalue weighted by Gasteiger charge is -2.10. The van der Waals surface area contributed by atoms with Gasteiger partial charge in [-0.2, -0.15) is 0 Å². The summed E-state index contributed by atoms with van der Waals surface area (Å²) in [4.78, 5) is 22.2. The summed E-state index contributed by atoms with van der Waals surface area (Å²) in [5, 5.41) is 5.91. The summed E-state index contributed by atoms with van der Waals surface area (Å²) < 4.78 is 0. The van der Waals surface area contributed by atoms with Crippen molar-refractivity contribution in [1.29, 1.82) is 0 Å². The molecule has 0 aliphatic heterocycles. The van der Waals surface area contributed by atoms with E-state index >= 15 is 0 Å². The minimum atomic E-state index is -0.212. The second-order valence-corrected chi connectivity index (χ2v) is 4.84. The van der Waals surface area contributed by atoms with E-state index in [1.807, 2.05) is 49.3 Å². The van der Waals surface area contributed by atoms with Gasteiger partial charge < -0.3 is 15.5 Å². The van der Waals surface area contributed by atoms with Crippen molar-refractivity contribution in [1.82, 2.24) is 20.2 Å². The lowest BCUT2D eigenvalue weighted by Crippen LogP contribution is -2.31. The van der Waals surface area contributed by atoms with E-state index < -0.39 is 0 Å². The van der Waals surface area contributed by atoms with Crippen LogP contribution in [-0.4, -0.2) is 48.0 Å². The number of likely N-dealkylation sites (N-methyl/N-ethyl adjacent to an activating group) is 1. The number of carbonyl (C=O) groups excluding carboxylic acids is 1. The highest BCUT2D eigenvalue weighted by Gasteiger charge is 2.07. The lowest BCUT2D eigenvalue weighted by atomic mass is 10.3. The molecule has 0 atom stereocenters. The van der Waals surface area contributed by atoms with Crippen LogP contribution in [0.5, 0.6) is 0 Å². The molecular formula is C15H19N5O. The lowest BCUT2D eigenvalue weighted by molar-refractivity contribution is 0.0945. The van der Waals surface area contributed by atoms with Gasteiger partial charge in [0, 0.05) is 18.8 Å². The first-order valence-corrected chi connectivity index (χ1v) is 6.72. The Bertz CT molecular complexity index is 568. The predicted octanol–water partition coefficient (Wildman–Crippen LogP) is 1.51. The summed E-state index contributed by atoms with van der Waals surface area (Å²) in [6.45, 7) is 1.37. The van der Waals surface area contributed by atoms with Crippen LogP contribution in [0.3, 0.4) is 0 Å². The van der Waals surface area contributed by atoms with Crippen LogP contribution in [0.15, 0.2) is 42.7 Å². The van der Waals surface area contributed by atoms with Crippen LogP contribution < -0.4 is 10.6 Å². The third-order valence-electron chi connectivity index (χ3n) is 2.78. The Labute approximate surface area is 124 Å². The highest BCUT2D eigenvalue weighted by atomic mass is 16.1. The Morgan fingerprint density at radius 3 is 2.52 bits per heavy atom. The number of nitrogens with zero attached hydrogens (tertiary/aromatic N) is 3. The fourth-order valence-corrected chi connectivity index (χ4v) is 1.66. The number of rotatable bonds is 6. The fraction of sp³-hybridized carbons (Fsp3) is 0.267. The molecule has 0 unspecified atom stereocenters.